The van der Waals surface area contributed by atoms with Gasteiger partial charge in [-0.2, -0.15) is 0 Å². The normalized spacial score (nSPS) is 18.5. The molecule has 9 heteroatoms. The molecule has 0 atom stereocenters. The third-order valence-electron chi connectivity index (χ3n) is 6.28. The number of aliphatic hydroxyl groups is 1. The second-order valence-electron chi connectivity index (χ2n) is 9.06. The van der Waals surface area contributed by atoms with Crippen LogP contribution in [0.5, 0.6) is 0 Å². The predicted octanol–water partition coefficient (Wildman–Crippen LogP) is 2.99. The van der Waals surface area contributed by atoms with Crippen LogP contribution in [0.25, 0.3) is 5.57 Å². The number of allylic oxidation sites excluding steroid dienone is 1. The maximum atomic E-state index is 13.2. The summed E-state index contributed by atoms with van der Waals surface area (Å²) in [5.41, 5.74) is 0.423. The van der Waals surface area contributed by atoms with Crippen LogP contribution < -0.4 is 5.32 Å². The molecule has 2 aliphatic rings. The third kappa shape index (κ3) is 6.75. The van der Waals surface area contributed by atoms with Gasteiger partial charge in [0.1, 0.15) is 11.3 Å². The number of nitrogens with one attached hydrogen (secondary N) is 1. The first-order chi connectivity index (χ1) is 16.7. The van der Waals surface area contributed by atoms with E-state index in [0.29, 0.717) is 48.8 Å². The van der Waals surface area contributed by atoms with Crippen LogP contribution in [0.15, 0.2) is 47.6 Å². The number of hydrogen-bond donors (Lipinski definition) is 2. The molecular formula is C26H29N3O5S. The van der Waals surface area contributed by atoms with Crippen LogP contribution in [0.3, 0.4) is 0 Å². The molecule has 2 heterocycles. The van der Waals surface area contributed by atoms with E-state index in [4.69, 9.17) is 4.74 Å². The molecule has 1 aliphatic carbocycles. The SMILES string of the molecule is CS(=O)(=O)c1ccc(/C(=C\C2CCCC2)C(=O)Nc2cnc(C#CC3(O)CCOCC3)cn2)cc1. The number of hydrogen-bond acceptors (Lipinski definition) is 7. The number of nitrogens with zero attached hydrogens (tertiary/aromatic N) is 2. The zero-order valence-corrected chi connectivity index (χ0v) is 20.5. The molecule has 0 spiro atoms. The van der Waals surface area contributed by atoms with E-state index < -0.39 is 15.4 Å². The zero-order valence-electron chi connectivity index (χ0n) is 19.7. The summed E-state index contributed by atoms with van der Waals surface area (Å²) in [5.74, 6) is 5.93. The van der Waals surface area contributed by atoms with Crippen molar-refractivity contribution in [2.24, 2.45) is 5.92 Å². The Bertz CT molecular complexity index is 1250. The number of sulfone groups is 1. The highest BCUT2D eigenvalue weighted by Crippen LogP contribution is 2.30. The van der Waals surface area contributed by atoms with Crippen LogP contribution in [-0.4, -0.2) is 54.5 Å². The lowest BCUT2D eigenvalue weighted by molar-refractivity contribution is -0.111. The molecule has 2 N–H and O–H groups in total. The number of ether oxygens (including phenoxy) is 1. The number of anilines is 1. The Hall–Kier alpha value is -3.06. The first-order valence-electron chi connectivity index (χ1n) is 11.7. The average Bonchev–Trinajstić information content (AvgIpc) is 3.36. The van der Waals surface area contributed by atoms with E-state index in [-0.39, 0.29) is 16.6 Å². The third-order valence-corrected chi connectivity index (χ3v) is 7.41. The van der Waals surface area contributed by atoms with Crippen molar-refractivity contribution in [3.05, 3.63) is 54.0 Å². The van der Waals surface area contributed by atoms with E-state index in [1.165, 1.54) is 24.5 Å². The highest BCUT2D eigenvalue weighted by atomic mass is 32.2. The summed E-state index contributed by atoms with van der Waals surface area (Å²) in [4.78, 5) is 21.9. The molecule has 4 rings (SSSR count). The van der Waals surface area contributed by atoms with Gasteiger partial charge in [0, 0.05) is 24.7 Å². The fourth-order valence-corrected chi connectivity index (χ4v) is 4.83. The van der Waals surface area contributed by atoms with Gasteiger partial charge in [-0.05, 0) is 42.4 Å². The van der Waals surface area contributed by atoms with Crippen LogP contribution in [0, 0.1) is 17.8 Å². The number of carbonyl (C=O) groups excluding carboxylic acids is 1. The van der Waals surface area contributed by atoms with Gasteiger partial charge in [-0.3, -0.25) is 4.79 Å². The number of amides is 1. The number of aromatic nitrogens is 2. The molecule has 2 aromatic rings. The second kappa shape index (κ2) is 10.7. The van der Waals surface area contributed by atoms with E-state index >= 15 is 0 Å². The van der Waals surface area contributed by atoms with Gasteiger partial charge in [-0.25, -0.2) is 18.4 Å². The van der Waals surface area contributed by atoms with Gasteiger partial charge < -0.3 is 15.2 Å². The number of rotatable bonds is 5. The van der Waals surface area contributed by atoms with Gasteiger partial charge in [0.05, 0.1) is 30.5 Å². The summed E-state index contributed by atoms with van der Waals surface area (Å²) >= 11 is 0. The molecule has 35 heavy (non-hydrogen) atoms. The Morgan fingerprint density at radius 1 is 1.14 bits per heavy atom. The minimum atomic E-state index is -3.33. The lowest BCUT2D eigenvalue weighted by Crippen LogP contribution is -2.34. The molecule has 8 nitrogen and oxygen atoms in total. The van der Waals surface area contributed by atoms with E-state index in [2.05, 4.69) is 27.1 Å². The minimum Gasteiger partial charge on any atom is -0.381 e. The van der Waals surface area contributed by atoms with Crippen molar-refractivity contribution in [2.75, 3.05) is 24.8 Å². The van der Waals surface area contributed by atoms with E-state index in [1.54, 1.807) is 12.1 Å². The summed E-state index contributed by atoms with van der Waals surface area (Å²) in [5, 5.41) is 13.2. The van der Waals surface area contributed by atoms with Crippen molar-refractivity contribution in [2.45, 2.75) is 49.0 Å². The van der Waals surface area contributed by atoms with Gasteiger partial charge in [0.2, 0.25) is 0 Å². The van der Waals surface area contributed by atoms with Gasteiger partial charge >= 0.3 is 0 Å². The first kappa shape index (κ1) is 25.0. The van der Waals surface area contributed by atoms with Crippen LogP contribution in [0.1, 0.15) is 49.8 Å². The van der Waals surface area contributed by atoms with Crippen LogP contribution in [0.4, 0.5) is 5.82 Å². The van der Waals surface area contributed by atoms with Crippen molar-refractivity contribution >= 4 is 27.1 Å². The Kier molecular flexibility index (Phi) is 7.65. The predicted molar refractivity (Wildman–Crippen MR) is 132 cm³/mol. The summed E-state index contributed by atoms with van der Waals surface area (Å²) in [6, 6.07) is 6.34. The monoisotopic (exact) mass is 495 g/mol. The Morgan fingerprint density at radius 3 is 2.43 bits per heavy atom. The highest BCUT2D eigenvalue weighted by Gasteiger charge is 2.27. The van der Waals surface area contributed by atoms with Crippen molar-refractivity contribution in [3.8, 4) is 11.8 Å². The van der Waals surface area contributed by atoms with Gasteiger partial charge in [0.25, 0.3) is 5.91 Å². The van der Waals surface area contributed by atoms with Crippen LogP contribution in [0.2, 0.25) is 0 Å². The minimum absolute atomic E-state index is 0.204. The largest absolute Gasteiger partial charge is 0.381 e. The van der Waals surface area contributed by atoms with Crippen LogP contribution >= 0.6 is 0 Å². The van der Waals surface area contributed by atoms with Crippen LogP contribution in [-0.2, 0) is 19.4 Å². The fraction of sp³-hybridized carbons (Fsp3) is 0.423. The summed E-state index contributed by atoms with van der Waals surface area (Å²) < 4.78 is 28.9. The van der Waals surface area contributed by atoms with Gasteiger partial charge in [-0.15, -0.1) is 0 Å². The molecule has 0 radical (unpaired) electrons. The molecule has 0 bridgehead atoms. The lowest BCUT2D eigenvalue weighted by Gasteiger charge is -2.26. The molecule has 1 aromatic heterocycles. The van der Waals surface area contributed by atoms with Crippen molar-refractivity contribution in [1.82, 2.24) is 9.97 Å². The molecule has 184 valence electrons. The maximum Gasteiger partial charge on any atom is 0.257 e. The average molecular weight is 496 g/mol. The Balaban J connectivity index is 1.51. The molecule has 1 amide bonds. The molecule has 1 aliphatic heterocycles. The standard InChI is InChI=1S/C26H29N3O5S/c1-35(32,33)22-8-6-20(7-9-22)23(16-19-4-2-3-5-19)25(30)29-24-18-27-21(17-28-24)10-11-26(31)12-14-34-15-13-26/h6-9,16-19,31H,2-5,12-15H2,1H3,(H,28,29,30)/b23-16+. The molecule has 2 fully saturated rings. The van der Waals surface area contributed by atoms with Gasteiger partial charge in [0.15, 0.2) is 15.7 Å². The zero-order chi connectivity index (χ0) is 24.9. The Morgan fingerprint density at radius 2 is 1.83 bits per heavy atom. The van der Waals surface area contributed by atoms with E-state index in [0.717, 1.165) is 31.9 Å². The summed E-state index contributed by atoms with van der Waals surface area (Å²) in [7, 11) is -3.33. The maximum absolute atomic E-state index is 13.2. The van der Waals surface area contributed by atoms with Gasteiger partial charge in [-0.1, -0.05) is 37.0 Å². The highest BCUT2D eigenvalue weighted by molar-refractivity contribution is 7.90. The topological polar surface area (TPSA) is 118 Å². The first-order valence-corrected chi connectivity index (χ1v) is 13.6. The molecule has 1 aromatic carbocycles. The second-order valence-corrected chi connectivity index (χ2v) is 11.1. The van der Waals surface area contributed by atoms with Crippen molar-refractivity contribution in [3.63, 3.8) is 0 Å². The molecule has 1 saturated heterocycles. The van der Waals surface area contributed by atoms with Crippen molar-refractivity contribution in [1.29, 1.82) is 0 Å². The van der Waals surface area contributed by atoms with E-state index in [9.17, 15) is 18.3 Å². The van der Waals surface area contributed by atoms with E-state index in [1.807, 2.05) is 6.08 Å². The summed E-state index contributed by atoms with van der Waals surface area (Å²) in [6.07, 6.45) is 11.2. The molecule has 1 saturated carbocycles. The molecular weight excluding hydrogens is 466 g/mol. The smallest absolute Gasteiger partial charge is 0.257 e. The van der Waals surface area contributed by atoms with Crippen molar-refractivity contribution < 1.29 is 23.1 Å². The molecule has 0 unspecified atom stereocenters. The number of benzene rings is 1. The number of carbonyl (C=O) groups is 1. The quantitative estimate of drug-likeness (QED) is 0.484. The summed E-state index contributed by atoms with van der Waals surface area (Å²) in [6.45, 7) is 0.936. The lowest BCUT2D eigenvalue weighted by atomic mass is 9.95. The fourth-order valence-electron chi connectivity index (χ4n) is 4.20. The Labute approximate surface area is 205 Å².